The fourth-order valence-electron chi connectivity index (χ4n) is 2.10. The van der Waals surface area contributed by atoms with Crippen LogP contribution in [0.5, 0.6) is 0 Å². The predicted octanol–water partition coefficient (Wildman–Crippen LogP) is 2.69. The molecule has 0 atom stereocenters. The summed E-state index contributed by atoms with van der Waals surface area (Å²) >= 11 is 0. The minimum Gasteiger partial charge on any atom is -0.329 e. The summed E-state index contributed by atoms with van der Waals surface area (Å²) in [6, 6.07) is 16.9. The van der Waals surface area contributed by atoms with Gasteiger partial charge in [0.05, 0.1) is 0 Å². The van der Waals surface area contributed by atoms with Gasteiger partial charge >= 0.3 is 6.03 Å². The Hall–Kier alpha value is -2.66. The Morgan fingerprint density at radius 1 is 1.00 bits per heavy atom. The molecular formula is C17H19N3O2. The van der Waals surface area contributed by atoms with E-state index in [1.807, 2.05) is 42.5 Å². The zero-order chi connectivity index (χ0) is 15.9. The number of benzene rings is 2. The van der Waals surface area contributed by atoms with Crippen molar-refractivity contribution in [3.63, 3.8) is 0 Å². The molecule has 0 aromatic heterocycles. The molecule has 2 aromatic carbocycles. The monoisotopic (exact) mass is 297 g/mol. The van der Waals surface area contributed by atoms with Crippen LogP contribution in [-0.2, 0) is 4.79 Å². The lowest BCUT2D eigenvalue weighted by Crippen LogP contribution is -2.41. The number of rotatable bonds is 4. The second kappa shape index (κ2) is 7.38. The summed E-state index contributed by atoms with van der Waals surface area (Å²) in [6.45, 7) is 1.77. The van der Waals surface area contributed by atoms with E-state index in [0.29, 0.717) is 5.69 Å². The molecule has 114 valence electrons. The van der Waals surface area contributed by atoms with Crippen molar-refractivity contribution in [2.75, 3.05) is 18.4 Å². The molecule has 0 heterocycles. The van der Waals surface area contributed by atoms with Crippen LogP contribution < -0.4 is 11.1 Å². The average molecular weight is 297 g/mol. The van der Waals surface area contributed by atoms with Crippen molar-refractivity contribution in [2.24, 2.45) is 5.73 Å². The molecule has 2 aromatic rings. The molecule has 5 heteroatoms. The van der Waals surface area contributed by atoms with Crippen LogP contribution in [0.2, 0.25) is 0 Å². The van der Waals surface area contributed by atoms with Crippen LogP contribution in [0, 0.1) is 0 Å². The Labute approximate surface area is 129 Å². The molecular weight excluding hydrogens is 278 g/mol. The lowest BCUT2D eigenvalue weighted by Gasteiger charge is -2.18. The van der Waals surface area contributed by atoms with Gasteiger partial charge in [-0.2, -0.15) is 0 Å². The van der Waals surface area contributed by atoms with Gasteiger partial charge in [-0.3, -0.25) is 9.69 Å². The minimum absolute atomic E-state index is 0.198. The molecule has 22 heavy (non-hydrogen) atoms. The summed E-state index contributed by atoms with van der Waals surface area (Å²) in [5, 5.41) is 2.70. The third-order valence-corrected chi connectivity index (χ3v) is 3.22. The molecule has 0 aliphatic heterocycles. The minimum atomic E-state index is -0.467. The zero-order valence-corrected chi connectivity index (χ0v) is 12.5. The van der Waals surface area contributed by atoms with E-state index >= 15 is 0 Å². The number of hydrogen-bond acceptors (Lipinski definition) is 3. The van der Waals surface area contributed by atoms with Gasteiger partial charge in [0.25, 0.3) is 0 Å². The summed E-state index contributed by atoms with van der Waals surface area (Å²) < 4.78 is 0. The van der Waals surface area contributed by atoms with Crippen LogP contribution >= 0.6 is 0 Å². The molecule has 0 bridgehead atoms. The number of carbonyl (C=O) groups is 2. The van der Waals surface area contributed by atoms with Gasteiger partial charge in [-0.15, -0.1) is 0 Å². The average Bonchev–Trinajstić information content (AvgIpc) is 2.53. The van der Waals surface area contributed by atoms with Crippen molar-refractivity contribution in [3.05, 3.63) is 54.6 Å². The number of carbonyl (C=O) groups excluding carboxylic acids is 2. The third-order valence-electron chi connectivity index (χ3n) is 3.22. The first kappa shape index (κ1) is 15.7. The van der Waals surface area contributed by atoms with Crippen molar-refractivity contribution >= 4 is 17.6 Å². The number of nitrogens with one attached hydrogen (secondary N) is 1. The molecule has 2 rings (SSSR count). The molecule has 5 nitrogen and oxygen atoms in total. The zero-order valence-electron chi connectivity index (χ0n) is 12.5. The van der Waals surface area contributed by atoms with Crippen LogP contribution in [0.15, 0.2) is 54.6 Å². The first-order chi connectivity index (χ1) is 10.6. The Bertz CT molecular complexity index is 639. The van der Waals surface area contributed by atoms with E-state index < -0.39 is 6.03 Å². The standard InChI is InChI=1S/C17H19N3O2/c1-13(21)20(12-11-18)17(22)19-16-9-7-15(8-10-16)14-5-3-2-4-6-14/h2-10H,11-12,18H2,1H3,(H,19,22). The number of anilines is 1. The number of nitrogens with two attached hydrogens (primary N) is 1. The van der Waals surface area contributed by atoms with Crippen molar-refractivity contribution < 1.29 is 9.59 Å². The van der Waals surface area contributed by atoms with E-state index in [-0.39, 0.29) is 19.0 Å². The second-order valence-corrected chi connectivity index (χ2v) is 4.83. The highest BCUT2D eigenvalue weighted by Crippen LogP contribution is 2.21. The highest BCUT2D eigenvalue weighted by Gasteiger charge is 2.16. The van der Waals surface area contributed by atoms with E-state index in [1.165, 1.54) is 6.92 Å². The maximum Gasteiger partial charge on any atom is 0.328 e. The molecule has 0 saturated heterocycles. The lowest BCUT2D eigenvalue weighted by molar-refractivity contribution is -0.125. The summed E-state index contributed by atoms with van der Waals surface area (Å²) in [7, 11) is 0. The third kappa shape index (κ3) is 3.93. The van der Waals surface area contributed by atoms with E-state index in [2.05, 4.69) is 5.32 Å². The molecule has 3 N–H and O–H groups in total. The van der Waals surface area contributed by atoms with Gasteiger partial charge in [0.1, 0.15) is 0 Å². The number of imide groups is 1. The van der Waals surface area contributed by atoms with Gasteiger partial charge in [0.15, 0.2) is 0 Å². The Balaban J connectivity index is 2.08. The Morgan fingerprint density at radius 3 is 2.14 bits per heavy atom. The van der Waals surface area contributed by atoms with Gasteiger partial charge in [-0.25, -0.2) is 4.79 Å². The first-order valence-corrected chi connectivity index (χ1v) is 7.06. The molecule has 0 radical (unpaired) electrons. The first-order valence-electron chi connectivity index (χ1n) is 7.06. The van der Waals surface area contributed by atoms with Crippen LogP contribution in [0.4, 0.5) is 10.5 Å². The van der Waals surface area contributed by atoms with Gasteiger partial charge in [0, 0.05) is 25.7 Å². The maximum atomic E-state index is 12.0. The lowest BCUT2D eigenvalue weighted by atomic mass is 10.1. The van der Waals surface area contributed by atoms with Gasteiger partial charge in [0.2, 0.25) is 5.91 Å². The maximum absolute atomic E-state index is 12.0. The van der Waals surface area contributed by atoms with E-state index in [1.54, 1.807) is 12.1 Å². The van der Waals surface area contributed by atoms with Crippen molar-refractivity contribution in [1.82, 2.24) is 4.90 Å². The molecule has 0 aliphatic carbocycles. The number of hydrogen-bond donors (Lipinski definition) is 2. The molecule has 0 spiro atoms. The normalized spacial score (nSPS) is 10.1. The highest BCUT2D eigenvalue weighted by molar-refractivity contribution is 6.00. The van der Waals surface area contributed by atoms with Crippen LogP contribution in [0.25, 0.3) is 11.1 Å². The summed E-state index contributed by atoms with van der Waals surface area (Å²) in [5.74, 6) is -0.330. The van der Waals surface area contributed by atoms with Gasteiger partial charge < -0.3 is 11.1 Å². The second-order valence-electron chi connectivity index (χ2n) is 4.83. The fourth-order valence-corrected chi connectivity index (χ4v) is 2.10. The smallest absolute Gasteiger partial charge is 0.328 e. The van der Waals surface area contributed by atoms with Crippen LogP contribution in [-0.4, -0.2) is 29.9 Å². The number of amides is 3. The largest absolute Gasteiger partial charge is 0.329 e. The Morgan fingerprint density at radius 2 is 1.59 bits per heavy atom. The molecule has 0 saturated carbocycles. The molecule has 0 unspecified atom stereocenters. The van der Waals surface area contributed by atoms with Gasteiger partial charge in [-0.05, 0) is 23.3 Å². The van der Waals surface area contributed by atoms with E-state index in [0.717, 1.165) is 16.0 Å². The van der Waals surface area contributed by atoms with Crippen molar-refractivity contribution in [1.29, 1.82) is 0 Å². The van der Waals surface area contributed by atoms with Crippen LogP contribution in [0.1, 0.15) is 6.92 Å². The van der Waals surface area contributed by atoms with Gasteiger partial charge in [-0.1, -0.05) is 42.5 Å². The van der Waals surface area contributed by atoms with E-state index in [9.17, 15) is 9.59 Å². The number of urea groups is 1. The SMILES string of the molecule is CC(=O)N(CCN)C(=O)Nc1ccc(-c2ccccc2)cc1. The summed E-state index contributed by atoms with van der Waals surface area (Å²) in [4.78, 5) is 24.5. The highest BCUT2D eigenvalue weighted by atomic mass is 16.2. The fraction of sp³-hybridized carbons (Fsp3) is 0.176. The molecule has 0 aliphatic rings. The van der Waals surface area contributed by atoms with Crippen molar-refractivity contribution in [3.8, 4) is 11.1 Å². The quantitative estimate of drug-likeness (QED) is 0.911. The van der Waals surface area contributed by atoms with Crippen LogP contribution in [0.3, 0.4) is 0 Å². The summed E-state index contributed by atoms with van der Waals surface area (Å²) in [5.41, 5.74) is 8.21. The molecule has 3 amide bonds. The predicted molar refractivity (Wildman–Crippen MR) is 87.3 cm³/mol. The topological polar surface area (TPSA) is 75.4 Å². The number of nitrogens with zero attached hydrogens (tertiary/aromatic N) is 1. The Kier molecular flexibility index (Phi) is 5.27. The van der Waals surface area contributed by atoms with E-state index in [4.69, 9.17) is 5.73 Å². The summed E-state index contributed by atoms with van der Waals surface area (Å²) in [6.07, 6.45) is 0. The molecule has 0 fully saturated rings. The van der Waals surface area contributed by atoms with Crippen molar-refractivity contribution in [2.45, 2.75) is 6.92 Å².